The molecule has 2 rings (SSSR count). The van der Waals surface area contributed by atoms with Gasteiger partial charge in [0.2, 0.25) is 0 Å². The van der Waals surface area contributed by atoms with Crippen LogP contribution >= 0.6 is 15.9 Å². The van der Waals surface area contributed by atoms with Crippen LogP contribution in [-0.4, -0.2) is 24.9 Å². The number of sulfonamides is 1. The first-order valence-electron chi connectivity index (χ1n) is 6.46. The van der Waals surface area contributed by atoms with E-state index in [2.05, 4.69) is 35.9 Å². The Kier molecular flexibility index (Phi) is 5.02. The molecule has 0 spiro atoms. The highest BCUT2D eigenvalue weighted by Gasteiger charge is 2.17. The van der Waals surface area contributed by atoms with Gasteiger partial charge in [-0.2, -0.15) is 0 Å². The van der Waals surface area contributed by atoms with E-state index in [-0.39, 0.29) is 4.90 Å². The maximum Gasteiger partial charge on any atom is 0.264 e. The fourth-order valence-electron chi connectivity index (χ4n) is 1.73. The normalized spacial score (nSPS) is 11.6. The van der Waals surface area contributed by atoms with Gasteiger partial charge in [0.1, 0.15) is 10.7 Å². The molecule has 0 amide bonds. The Hall–Kier alpha value is -1.38. The predicted molar refractivity (Wildman–Crippen MR) is 85.7 cm³/mol. The summed E-state index contributed by atoms with van der Waals surface area (Å²) in [6.45, 7) is 5.21. The smallest absolute Gasteiger partial charge is 0.264 e. The van der Waals surface area contributed by atoms with E-state index in [4.69, 9.17) is 0 Å². The number of nitrogens with one attached hydrogen (secondary N) is 3. The number of aromatic nitrogens is 2. The van der Waals surface area contributed by atoms with Gasteiger partial charge in [0.25, 0.3) is 10.0 Å². The Balaban J connectivity index is 2.17. The first kappa shape index (κ1) is 16.0. The zero-order chi connectivity index (χ0) is 15.5. The highest BCUT2D eigenvalue weighted by molar-refractivity contribution is 9.10. The van der Waals surface area contributed by atoms with Crippen LogP contribution in [0.15, 0.2) is 33.8 Å². The van der Waals surface area contributed by atoms with Crippen molar-refractivity contribution in [1.82, 2.24) is 15.3 Å². The van der Waals surface area contributed by atoms with E-state index >= 15 is 0 Å². The van der Waals surface area contributed by atoms with E-state index < -0.39 is 10.0 Å². The van der Waals surface area contributed by atoms with E-state index in [0.717, 1.165) is 22.4 Å². The third-order valence-electron chi connectivity index (χ3n) is 2.85. The number of aryl methyl sites for hydroxylation is 1. The van der Waals surface area contributed by atoms with Crippen molar-refractivity contribution in [2.75, 3.05) is 11.3 Å². The van der Waals surface area contributed by atoms with Gasteiger partial charge in [-0.1, -0.05) is 6.92 Å². The van der Waals surface area contributed by atoms with Crippen molar-refractivity contribution in [3.8, 4) is 0 Å². The molecule has 2 heterocycles. The number of H-pyrrole nitrogens is 1. The zero-order valence-corrected chi connectivity index (χ0v) is 14.2. The Morgan fingerprint density at radius 1 is 1.38 bits per heavy atom. The Morgan fingerprint density at radius 2 is 2.14 bits per heavy atom. The summed E-state index contributed by atoms with van der Waals surface area (Å²) < 4.78 is 27.9. The van der Waals surface area contributed by atoms with Crippen LogP contribution < -0.4 is 10.0 Å². The Morgan fingerprint density at radius 3 is 2.81 bits per heavy atom. The van der Waals surface area contributed by atoms with Crippen LogP contribution in [0.4, 0.5) is 5.82 Å². The summed E-state index contributed by atoms with van der Waals surface area (Å²) in [5, 5.41) is 3.13. The SMILES string of the molecule is CCNCc1cc(S(=O)(=O)Nc2ccc(Br)c(C)n2)c[nH]1. The molecule has 0 bridgehead atoms. The fourth-order valence-corrected chi connectivity index (χ4v) is 2.97. The molecule has 0 atom stereocenters. The van der Waals surface area contributed by atoms with Crippen molar-refractivity contribution in [1.29, 1.82) is 0 Å². The van der Waals surface area contributed by atoms with Crippen molar-refractivity contribution < 1.29 is 8.42 Å². The van der Waals surface area contributed by atoms with Crippen LogP contribution in [0.25, 0.3) is 0 Å². The Labute approximate surface area is 132 Å². The minimum Gasteiger partial charge on any atom is -0.363 e. The molecule has 0 aliphatic heterocycles. The lowest BCUT2D eigenvalue weighted by Crippen LogP contribution is -2.14. The van der Waals surface area contributed by atoms with E-state index in [0.29, 0.717) is 12.4 Å². The highest BCUT2D eigenvalue weighted by Crippen LogP contribution is 2.19. The van der Waals surface area contributed by atoms with E-state index in [1.165, 1.54) is 6.20 Å². The molecule has 0 saturated heterocycles. The summed E-state index contributed by atoms with van der Waals surface area (Å²) >= 11 is 3.33. The predicted octanol–water partition coefficient (Wildman–Crippen LogP) is 2.39. The quantitative estimate of drug-likeness (QED) is 0.726. The molecule has 114 valence electrons. The van der Waals surface area contributed by atoms with Gasteiger partial charge >= 0.3 is 0 Å². The van der Waals surface area contributed by atoms with Crippen LogP contribution in [0.1, 0.15) is 18.3 Å². The third kappa shape index (κ3) is 4.05. The van der Waals surface area contributed by atoms with E-state index in [9.17, 15) is 8.42 Å². The molecule has 0 fully saturated rings. The van der Waals surface area contributed by atoms with Gasteiger partial charge in [0.15, 0.2) is 0 Å². The average Bonchev–Trinajstić information content (AvgIpc) is 2.90. The summed E-state index contributed by atoms with van der Waals surface area (Å²) in [5.74, 6) is 0.296. The first-order valence-corrected chi connectivity index (χ1v) is 8.74. The van der Waals surface area contributed by atoms with Crippen molar-refractivity contribution in [2.45, 2.75) is 25.3 Å². The maximum atomic E-state index is 12.3. The van der Waals surface area contributed by atoms with Gasteiger partial charge in [0, 0.05) is 22.9 Å². The largest absolute Gasteiger partial charge is 0.363 e. The topological polar surface area (TPSA) is 86.9 Å². The molecule has 0 saturated carbocycles. The van der Waals surface area contributed by atoms with Crippen LogP contribution in [0.3, 0.4) is 0 Å². The second-order valence-electron chi connectivity index (χ2n) is 4.51. The molecule has 0 aromatic carbocycles. The van der Waals surface area contributed by atoms with Gasteiger partial charge in [0.05, 0.1) is 5.69 Å². The number of aromatic amines is 1. The van der Waals surface area contributed by atoms with Crippen molar-refractivity contribution in [3.05, 3.63) is 40.3 Å². The lowest BCUT2D eigenvalue weighted by Gasteiger charge is -2.07. The number of halogens is 1. The monoisotopic (exact) mass is 372 g/mol. The molecule has 6 nitrogen and oxygen atoms in total. The average molecular weight is 373 g/mol. The summed E-state index contributed by atoms with van der Waals surface area (Å²) in [6.07, 6.45) is 1.47. The Bertz CT molecular complexity index is 728. The van der Waals surface area contributed by atoms with E-state index in [1.54, 1.807) is 25.1 Å². The molecule has 0 unspecified atom stereocenters. The highest BCUT2D eigenvalue weighted by atomic mass is 79.9. The zero-order valence-electron chi connectivity index (χ0n) is 11.8. The molecule has 2 aromatic rings. The number of hydrogen-bond donors (Lipinski definition) is 3. The van der Waals surface area contributed by atoms with Crippen molar-refractivity contribution >= 4 is 31.8 Å². The lowest BCUT2D eigenvalue weighted by molar-refractivity contribution is 0.601. The van der Waals surface area contributed by atoms with Crippen LogP contribution in [0, 0.1) is 6.92 Å². The van der Waals surface area contributed by atoms with Gasteiger partial charge in [-0.05, 0) is 47.6 Å². The third-order valence-corrected chi connectivity index (χ3v) is 5.02. The van der Waals surface area contributed by atoms with Crippen molar-refractivity contribution in [3.63, 3.8) is 0 Å². The molecular formula is C13H17BrN4O2S. The molecule has 0 radical (unpaired) electrons. The van der Waals surface area contributed by atoms with Gasteiger partial charge in [-0.15, -0.1) is 0 Å². The number of pyridine rings is 1. The van der Waals surface area contributed by atoms with Crippen molar-refractivity contribution in [2.24, 2.45) is 0 Å². The molecular weight excluding hydrogens is 356 g/mol. The summed E-state index contributed by atoms with van der Waals surface area (Å²) in [7, 11) is -3.63. The second-order valence-corrected chi connectivity index (χ2v) is 7.05. The minimum absolute atomic E-state index is 0.192. The number of hydrogen-bond acceptors (Lipinski definition) is 4. The fraction of sp³-hybridized carbons (Fsp3) is 0.308. The van der Waals surface area contributed by atoms with Crippen LogP contribution in [0.2, 0.25) is 0 Å². The van der Waals surface area contributed by atoms with E-state index in [1.807, 2.05) is 6.92 Å². The van der Waals surface area contributed by atoms with Gasteiger partial charge in [-0.3, -0.25) is 4.72 Å². The summed E-state index contributed by atoms with van der Waals surface area (Å²) in [4.78, 5) is 7.32. The summed E-state index contributed by atoms with van der Waals surface area (Å²) in [5.41, 5.74) is 1.54. The molecule has 8 heteroatoms. The lowest BCUT2D eigenvalue weighted by atomic mass is 10.4. The number of anilines is 1. The standard InChI is InChI=1S/C13H17BrN4O2S/c1-3-15-7-10-6-11(8-16-10)21(19,20)18-13-5-4-12(14)9(2)17-13/h4-6,8,15-16H,3,7H2,1-2H3,(H,17,18). The molecule has 0 aliphatic carbocycles. The van der Waals surface area contributed by atoms with Gasteiger partial charge in [-0.25, -0.2) is 13.4 Å². The van der Waals surface area contributed by atoms with Crippen LogP contribution in [-0.2, 0) is 16.6 Å². The maximum absolute atomic E-state index is 12.3. The van der Waals surface area contributed by atoms with Crippen LogP contribution in [0.5, 0.6) is 0 Å². The molecule has 3 N–H and O–H groups in total. The molecule has 21 heavy (non-hydrogen) atoms. The first-order chi connectivity index (χ1) is 9.92. The molecule has 0 aliphatic rings. The number of nitrogens with zero attached hydrogens (tertiary/aromatic N) is 1. The summed E-state index contributed by atoms with van der Waals surface area (Å²) in [6, 6.07) is 4.98. The number of rotatable bonds is 6. The molecule has 2 aromatic heterocycles. The van der Waals surface area contributed by atoms with Gasteiger partial charge < -0.3 is 10.3 Å². The second kappa shape index (κ2) is 6.59. The minimum atomic E-state index is -3.63.